The number of alkyl halides is 2. The van der Waals surface area contributed by atoms with Crippen molar-refractivity contribution in [2.75, 3.05) is 0 Å². The molecule has 1 heterocycles. The molecule has 0 aliphatic heterocycles. The number of hydrogen-bond acceptors (Lipinski definition) is 3. The van der Waals surface area contributed by atoms with Crippen LogP contribution in [0.5, 0.6) is 0 Å². The number of nitrogens with zero attached hydrogens (tertiary/aromatic N) is 2. The second-order valence-corrected chi connectivity index (χ2v) is 6.03. The van der Waals surface area contributed by atoms with Crippen LogP contribution in [0, 0.1) is 13.8 Å². The molecule has 1 atom stereocenters. The summed E-state index contributed by atoms with van der Waals surface area (Å²) in [6.45, 7) is 1.85. The Morgan fingerprint density at radius 1 is 1.27 bits per heavy atom. The average Bonchev–Trinajstić information content (AvgIpc) is 2.88. The summed E-state index contributed by atoms with van der Waals surface area (Å²) in [6.07, 6.45) is -0.0986. The molecule has 1 amide bonds. The Kier molecular flexibility index (Phi) is 5.74. The molecule has 6 nitrogen and oxygen atoms in total. The molecule has 2 rings (SSSR count). The lowest BCUT2D eigenvalue weighted by atomic mass is 9.87. The molecule has 140 valence electrons. The molecule has 0 bridgehead atoms. The lowest BCUT2D eigenvalue weighted by Crippen LogP contribution is -2.52. The molecule has 0 radical (unpaired) electrons. The fraction of sp³-hybridized carbons (Fsp3) is 0.389. The summed E-state index contributed by atoms with van der Waals surface area (Å²) in [4.78, 5) is 24.5. The maximum atomic E-state index is 12.9. The first-order valence-corrected chi connectivity index (χ1v) is 8.15. The standard InChI is InChI=1S/C18H21F2N3O3/c1-4-18(16(25)26,13-8-6-5-7-9-13)21-15(24)10-14-11(2)22-23(12(14)3)17(19)20/h5-9,17H,4,10H2,1-3H3,(H,21,24)(H,25,26). The molecule has 8 heteroatoms. The van der Waals surface area contributed by atoms with Gasteiger partial charge in [-0.2, -0.15) is 13.9 Å². The number of carbonyl (C=O) groups excluding carboxylic acids is 1. The predicted molar refractivity (Wildman–Crippen MR) is 90.8 cm³/mol. The van der Waals surface area contributed by atoms with Gasteiger partial charge in [0.15, 0.2) is 5.54 Å². The van der Waals surface area contributed by atoms with Crippen molar-refractivity contribution in [3.63, 3.8) is 0 Å². The van der Waals surface area contributed by atoms with Gasteiger partial charge in [-0.05, 0) is 25.8 Å². The van der Waals surface area contributed by atoms with Gasteiger partial charge in [0.1, 0.15) is 0 Å². The van der Waals surface area contributed by atoms with E-state index in [0.717, 1.165) is 0 Å². The number of rotatable bonds is 7. The maximum absolute atomic E-state index is 12.9. The van der Waals surface area contributed by atoms with E-state index in [1.54, 1.807) is 37.3 Å². The second-order valence-electron chi connectivity index (χ2n) is 6.03. The summed E-state index contributed by atoms with van der Waals surface area (Å²) in [5.74, 6) is -1.76. The van der Waals surface area contributed by atoms with Crippen molar-refractivity contribution in [2.24, 2.45) is 0 Å². The van der Waals surface area contributed by atoms with Crippen molar-refractivity contribution in [3.8, 4) is 0 Å². The highest BCUT2D eigenvalue weighted by Crippen LogP contribution is 2.26. The van der Waals surface area contributed by atoms with Crippen molar-refractivity contribution in [1.29, 1.82) is 0 Å². The highest BCUT2D eigenvalue weighted by atomic mass is 19.3. The van der Waals surface area contributed by atoms with Crippen LogP contribution in [0.25, 0.3) is 0 Å². The number of carbonyl (C=O) groups is 2. The molecule has 1 unspecified atom stereocenters. The van der Waals surface area contributed by atoms with Gasteiger partial charge >= 0.3 is 12.5 Å². The lowest BCUT2D eigenvalue weighted by molar-refractivity contribution is -0.148. The summed E-state index contributed by atoms with van der Waals surface area (Å²) >= 11 is 0. The summed E-state index contributed by atoms with van der Waals surface area (Å²) < 4.78 is 26.4. The molecule has 0 aliphatic carbocycles. The molecule has 26 heavy (non-hydrogen) atoms. The van der Waals surface area contributed by atoms with Crippen LogP contribution in [-0.4, -0.2) is 26.8 Å². The first-order valence-electron chi connectivity index (χ1n) is 8.15. The normalized spacial score (nSPS) is 13.5. The molecule has 0 saturated carbocycles. The van der Waals surface area contributed by atoms with Gasteiger partial charge in [0.25, 0.3) is 0 Å². The fourth-order valence-electron chi connectivity index (χ4n) is 3.00. The zero-order chi connectivity index (χ0) is 19.5. The Balaban J connectivity index is 2.31. The van der Waals surface area contributed by atoms with Crippen LogP contribution in [0.3, 0.4) is 0 Å². The van der Waals surface area contributed by atoms with E-state index in [2.05, 4.69) is 10.4 Å². The van der Waals surface area contributed by atoms with Gasteiger partial charge < -0.3 is 10.4 Å². The van der Waals surface area contributed by atoms with E-state index in [9.17, 15) is 23.5 Å². The third kappa shape index (κ3) is 3.58. The van der Waals surface area contributed by atoms with Crippen LogP contribution in [0.1, 0.15) is 42.4 Å². The van der Waals surface area contributed by atoms with Gasteiger partial charge in [-0.15, -0.1) is 0 Å². The van der Waals surface area contributed by atoms with Gasteiger partial charge in [-0.3, -0.25) is 4.79 Å². The van der Waals surface area contributed by atoms with Crippen molar-refractivity contribution in [1.82, 2.24) is 15.1 Å². The van der Waals surface area contributed by atoms with Gasteiger partial charge in [0.2, 0.25) is 5.91 Å². The first-order chi connectivity index (χ1) is 12.2. The van der Waals surface area contributed by atoms with Crippen LogP contribution in [-0.2, 0) is 21.5 Å². The molecular weight excluding hydrogens is 344 g/mol. The quantitative estimate of drug-likeness (QED) is 0.790. The van der Waals surface area contributed by atoms with Crippen LogP contribution < -0.4 is 5.32 Å². The van der Waals surface area contributed by atoms with Crippen molar-refractivity contribution in [3.05, 3.63) is 52.8 Å². The number of amides is 1. The summed E-state index contributed by atoms with van der Waals surface area (Å²) in [7, 11) is 0. The zero-order valence-corrected chi connectivity index (χ0v) is 14.8. The molecule has 2 aromatic rings. The Bertz CT molecular complexity index is 806. The summed E-state index contributed by atoms with van der Waals surface area (Å²) in [5.41, 5.74) is -0.273. The van der Waals surface area contributed by atoms with Crippen LogP contribution in [0.15, 0.2) is 30.3 Å². The van der Waals surface area contributed by atoms with E-state index in [-0.39, 0.29) is 18.5 Å². The number of halogens is 2. The molecule has 0 fully saturated rings. The molecule has 1 aromatic carbocycles. The molecule has 0 saturated heterocycles. The SMILES string of the molecule is CCC(NC(=O)Cc1c(C)nn(C(F)F)c1C)(C(=O)O)c1ccccc1. The number of aromatic nitrogens is 2. The summed E-state index contributed by atoms with van der Waals surface area (Å²) in [6, 6.07) is 8.39. The highest BCUT2D eigenvalue weighted by molar-refractivity contribution is 5.89. The van der Waals surface area contributed by atoms with Crippen LogP contribution >= 0.6 is 0 Å². The number of nitrogens with one attached hydrogen (secondary N) is 1. The summed E-state index contributed by atoms with van der Waals surface area (Å²) in [5, 5.41) is 16.1. The molecule has 2 N–H and O–H groups in total. The molecule has 1 aromatic heterocycles. The Morgan fingerprint density at radius 2 is 1.88 bits per heavy atom. The minimum atomic E-state index is -2.80. The van der Waals surface area contributed by atoms with E-state index in [1.807, 2.05) is 0 Å². The number of benzene rings is 1. The fourth-order valence-corrected chi connectivity index (χ4v) is 3.00. The average molecular weight is 365 g/mol. The number of aliphatic carboxylic acids is 1. The number of carboxylic acid groups (broad SMARTS) is 1. The molecule has 0 aliphatic rings. The zero-order valence-electron chi connectivity index (χ0n) is 14.8. The van der Waals surface area contributed by atoms with E-state index < -0.39 is 24.0 Å². The van der Waals surface area contributed by atoms with Gasteiger partial charge in [-0.1, -0.05) is 37.3 Å². The van der Waals surface area contributed by atoms with Crippen molar-refractivity contribution >= 4 is 11.9 Å². The third-order valence-corrected chi connectivity index (χ3v) is 4.51. The van der Waals surface area contributed by atoms with Crippen molar-refractivity contribution < 1.29 is 23.5 Å². The first kappa shape index (κ1) is 19.6. The molecule has 0 spiro atoms. The Hall–Kier alpha value is -2.77. The predicted octanol–water partition coefficient (Wildman–Crippen LogP) is 2.94. The Morgan fingerprint density at radius 3 is 2.35 bits per heavy atom. The highest BCUT2D eigenvalue weighted by Gasteiger charge is 2.40. The minimum absolute atomic E-state index is 0.131. The van der Waals surface area contributed by atoms with Crippen molar-refractivity contribution in [2.45, 2.75) is 45.7 Å². The third-order valence-electron chi connectivity index (χ3n) is 4.51. The van der Waals surface area contributed by atoms with E-state index in [0.29, 0.717) is 21.5 Å². The number of hydrogen-bond donors (Lipinski definition) is 2. The number of carboxylic acids is 1. The van der Waals surface area contributed by atoms with Gasteiger partial charge in [-0.25, -0.2) is 9.48 Å². The van der Waals surface area contributed by atoms with E-state index in [1.165, 1.54) is 13.8 Å². The lowest BCUT2D eigenvalue weighted by Gasteiger charge is -2.30. The second kappa shape index (κ2) is 7.63. The van der Waals surface area contributed by atoms with Gasteiger partial charge in [0.05, 0.1) is 12.1 Å². The number of aryl methyl sites for hydroxylation is 1. The topological polar surface area (TPSA) is 84.2 Å². The van der Waals surface area contributed by atoms with Crippen LogP contribution in [0.2, 0.25) is 0 Å². The minimum Gasteiger partial charge on any atom is -0.479 e. The Labute approximate surface area is 149 Å². The monoisotopic (exact) mass is 365 g/mol. The van der Waals surface area contributed by atoms with E-state index >= 15 is 0 Å². The van der Waals surface area contributed by atoms with E-state index in [4.69, 9.17) is 0 Å². The largest absolute Gasteiger partial charge is 0.479 e. The molecular formula is C18H21F2N3O3. The maximum Gasteiger partial charge on any atom is 0.334 e. The smallest absolute Gasteiger partial charge is 0.334 e. The van der Waals surface area contributed by atoms with Crippen LogP contribution in [0.4, 0.5) is 8.78 Å². The van der Waals surface area contributed by atoms with Gasteiger partial charge in [0, 0.05) is 11.3 Å².